The first-order valence-corrected chi connectivity index (χ1v) is 6.07. The van der Waals surface area contributed by atoms with Crippen molar-refractivity contribution >= 4 is 11.6 Å². The highest BCUT2D eigenvalue weighted by atomic mass is 16.2. The zero-order valence-corrected chi connectivity index (χ0v) is 11.9. The maximum absolute atomic E-state index is 12.2. The van der Waals surface area contributed by atoms with Crippen molar-refractivity contribution in [3.05, 3.63) is 29.3 Å². The number of carbonyl (C=O) groups excluding carboxylic acids is 1. The molecule has 0 spiro atoms. The number of carbonyl (C=O) groups is 1. The highest BCUT2D eigenvalue weighted by Crippen LogP contribution is 2.19. The van der Waals surface area contributed by atoms with E-state index >= 15 is 0 Å². The van der Waals surface area contributed by atoms with E-state index in [1.807, 2.05) is 26.1 Å². The molecule has 0 radical (unpaired) electrons. The number of amides is 1. The van der Waals surface area contributed by atoms with Crippen LogP contribution in [0.3, 0.4) is 0 Å². The Morgan fingerprint density at radius 3 is 2.44 bits per heavy atom. The molecular formula is C14H23N3O. The Hall–Kier alpha value is -1.55. The van der Waals surface area contributed by atoms with Crippen LogP contribution in [0.2, 0.25) is 0 Å². The second kappa shape index (κ2) is 5.40. The number of nitrogens with zero attached hydrogens (tertiary/aromatic N) is 1. The Bertz CT molecular complexity index is 435. The monoisotopic (exact) mass is 249 g/mol. The molecule has 100 valence electrons. The molecule has 4 nitrogen and oxygen atoms in total. The van der Waals surface area contributed by atoms with Crippen LogP contribution in [-0.4, -0.2) is 24.4 Å². The van der Waals surface area contributed by atoms with Gasteiger partial charge in [-0.05, 0) is 36.1 Å². The average Bonchev–Trinajstić information content (AvgIpc) is 2.25. The summed E-state index contributed by atoms with van der Waals surface area (Å²) in [5.74, 6) is 5.41. The molecule has 4 heteroatoms. The van der Waals surface area contributed by atoms with E-state index in [0.717, 1.165) is 17.8 Å². The van der Waals surface area contributed by atoms with E-state index in [0.29, 0.717) is 5.56 Å². The second-order valence-corrected chi connectivity index (χ2v) is 5.90. The van der Waals surface area contributed by atoms with E-state index in [2.05, 4.69) is 26.2 Å². The van der Waals surface area contributed by atoms with Gasteiger partial charge in [0, 0.05) is 19.2 Å². The van der Waals surface area contributed by atoms with Crippen molar-refractivity contribution in [2.75, 3.05) is 19.0 Å². The Labute approximate surface area is 109 Å². The van der Waals surface area contributed by atoms with Gasteiger partial charge < -0.3 is 10.3 Å². The van der Waals surface area contributed by atoms with Crippen molar-refractivity contribution in [1.29, 1.82) is 0 Å². The van der Waals surface area contributed by atoms with Crippen LogP contribution >= 0.6 is 0 Å². The fourth-order valence-electron chi connectivity index (χ4n) is 1.96. The summed E-state index contributed by atoms with van der Waals surface area (Å²) >= 11 is 0. The number of hydrogen-bond acceptors (Lipinski definition) is 3. The van der Waals surface area contributed by atoms with Gasteiger partial charge >= 0.3 is 0 Å². The summed E-state index contributed by atoms with van der Waals surface area (Å²) in [5, 5.41) is 0. The first-order valence-electron chi connectivity index (χ1n) is 6.07. The number of hydrazine groups is 1. The average molecular weight is 249 g/mol. The minimum absolute atomic E-state index is 0.0385. The van der Waals surface area contributed by atoms with Crippen LogP contribution in [0.25, 0.3) is 0 Å². The van der Waals surface area contributed by atoms with Crippen molar-refractivity contribution in [3.8, 4) is 0 Å². The fraction of sp³-hybridized carbons (Fsp3) is 0.500. The largest absolute Gasteiger partial charge is 0.341 e. The lowest BCUT2D eigenvalue weighted by atomic mass is 9.96. The lowest BCUT2D eigenvalue weighted by molar-refractivity contribution is 0.0745. The van der Waals surface area contributed by atoms with Crippen LogP contribution in [0.1, 0.15) is 36.7 Å². The van der Waals surface area contributed by atoms with Crippen molar-refractivity contribution in [2.45, 2.75) is 27.7 Å². The third-order valence-corrected chi connectivity index (χ3v) is 2.69. The summed E-state index contributed by atoms with van der Waals surface area (Å²) in [4.78, 5) is 14.0. The van der Waals surface area contributed by atoms with Gasteiger partial charge in [0.05, 0.1) is 5.69 Å². The number of anilines is 1. The van der Waals surface area contributed by atoms with Gasteiger partial charge in [-0.3, -0.25) is 10.6 Å². The molecule has 0 saturated carbocycles. The normalized spacial score (nSPS) is 11.2. The summed E-state index contributed by atoms with van der Waals surface area (Å²) in [5.41, 5.74) is 5.20. The quantitative estimate of drug-likeness (QED) is 0.639. The number of benzene rings is 1. The molecule has 1 aromatic rings. The Balaban J connectivity index is 2.87. The zero-order chi connectivity index (χ0) is 13.9. The van der Waals surface area contributed by atoms with Crippen molar-refractivity contribution in [3.63, 3.8) is 0 Å². The van der Waals surface area contributed by atoms with E-state index in [4.69, 9.17) is 5.84 Å². The molecule has 18 heavy (non-hydrogen) atoms. The first kappa shape index (κ1) is 14.5. The lowest BCUT2D eigenvalue weighted by Gasteiger charge is -2.26. The zero-order valence-electron chi connectivity index (χ0n) is 11.9. The fourth-order valence-corrected chi connectivity index (χ4v) is 1.96. The van der Waals surface area contributed by atoms with Gasteiger partial charge in [0.25, 0.3) is 5.91 Å². The molecule has 1 amide bonds. The van der Waals surface area contributed by atoms with Crippen LogP contribution < -0.4 is 11.3 Å². The van der Waals surface area contributed by atoms with Gasteiger partial charge in [-0.1, -0.05) is 20.8 Å². The molecule has 3 N–H and O–H groups in total. The van der Waals surface area contributed by atoms with Crippen molar-refractivity contribution in [1.82, 2.24) is 4.90 Å². The van der Waals surface area contributed by atoms with Crippen LogP contribution in [0.15, 0.2) is 18.2 Å². The standard InChI is InChI=1S/C14H23N3O/c1-10-8-11(6-7-12(10)16-15)13(18)17(5)9-14(2,3)4/h6-8,16H,9,15H2,1-5H3. The van der Waals surface area contributed by atoms with E-state index in [1.165, 1.54) is 0 Å². The number of nitrogens with one attached hydrogen (secondary N) is 1. The number of aryl methyl sites for hydroxylation is 1. The number of nitrogen functional groups attached to an aromatic ring is 1. The summed E-state index contributed by atoms with van der Waals surface area (Å²) in [6.45, 7) is 8.99. The minimum atomic E-state index is 0.0385. The summed E-state index contributed by atoms with van der Waals surface area (Å²) < 4.78 is 0. The van der Waals surface area contributed by atoms with Crippen molar-refractivity contribution < 1.29 is 4.79 Å². The topological polar surface area (TPSA) is 58.4 Å². The molecule has 0 aliphatic carbocycles. The molecule has 0 unspecified atom stereocenters. The molecule has 0 atom stereocenters. The van der Waals surface area contributed by atoms with Gasteiger partial charge in [0.2, 0.25) is 0 Å². The van der Waals surface area contributed by atoms with Gasteiger partial charge in [-0.2, -0.15) is 0 Å². The molecule has 0 fully saturated rings. The highest BCUT2D eigenvalue weighted by Gasteiger charge is 2.19. The maximum atomic E-state index is 12.2. The maximum Gasteiger partial charge on any atom is 0.253 e. The van der Waals surface area contributed by atoms with E-state index in [-0.39, 0.29) is 11.3 Å². The molecule has 0 aliphatic rings. The van der Waals surface area contributed by atoms with Gasteiger partial charge in [-0.25, -0.2) is 0 Å². The molecule has 0 bridgehead atoms. The molecule has 0 aliphatic heterocycles. The third kappa shape index (κ3) is 3.74. The summed E-state index contributed by atoms with van der Waals surface area (Å²) in [6, 6.07) is 5.48. The second-order valence-electron chi connectivity index (χ2n) is 5.90. The van der Waals surface area contributed by atoms with E-state index in [9.17, 15) is 4.79 Å². The smallest absolute Gasteiger partial charge is 0.253 e. The SMILES string of the molecule is Cc1cc(C(=O)N(C)CC(C)(C)C)ccc1NN. The van der Waals surface area contributed by atoms with Crippen LogP contribution in [0.4, 0.5) is 5.69 Å². The molecule has 1 aromatic carbocycles. The Morgan fingerprint density at radius 1 is 1.39 bits per heavy atom. The Morgan fingerprint density at radius 2 is 2.00 bits per heavy atom. The molecule has 1 rings (SSSR count). The minimum Gasteiger partial charge on any atom is -0.341 e. The summed E-state index contributed by atoms with van der Waals surface area (Å²) in [6.07, 6.45) is 0. The molecular weight excluding hydrogens is 226 g/mol. The predicted molar refractivity (Wildman–Crippen MR) is 75.4 cm³/mol. The third-order valence-electron chi connectivity index (χ3n) is 2.69. The highest BCUT2D eigenvalue weighted by molar-refractivity contribution is 5.94. The van der Waals surface area contributed by atoms with E-state index < -0.39 is 0 Å². The lowest BCUT2D eigenvalue weighted by Crippen LogP contribution is -2.34. The van der Waals surface area contributed by atoms with E-state index in [1.54, 1.807) is 11.0 Å². The van der Waals surface area contributed by atoms with Gasteiger partial charge in [0.1, 0.15) is 0 Å². The number of rotatable bonds is 3. The van der Waals surface area contributed by atoms with Crippen LogP contribution in [0, 0.1) is 12.3 Å². The first-order chi connectivity index (χ1) is 8.24. The molecule has 0 aromatic heterocycles. The number of nitrogens with two attached hydrogens (primary N) is 1. The summed E-state index contributed by atoms with van der Waals surface area (Å²) in [7, 11) is 1.83. The number of hydrogen-bond donors (Lipinski definition) is 2. The van der Waals surface area contributed by atoms with Gasteiger partial charge in [0.15, 0.2) is 0 Å². The van der Waals surface area contributed by atoms with Gasteiger partial charge in [-0.15, -0.1) is 0 Å². The molecule has 0 heterocycles. The Kier molecular flexibility index (Phi) is 4.35. The predicted octanol–water partition coefficient (Wildman–Crippen LogP) is 2.40. The van der Waals surface area contributed by atoms with Crippen molar-refractivity contribution in [2.24, 2.45) is 11.3 Å². The van der Waals surface area contributed by atoms with Crippen LogP contribution in [0.5, 0.6) is 0 Å². The van der Waals surface area contributed by atoms with Crippen LogP contribution in [-0.2, 0) is 0 Å². The molecule has 0 saturated heterocycles.